The molecule has 0 amide bonds. The van der Waals surface area contributed by atoms with Gasteiger partial charge in [-0.2, -0.15) is 0 Å². The summed E-state index contributed by atoms with van der Waals surface area (Å²) in [5.74, 6) is 1.82. The highest BCUT2D eigenvalue weighted by Crippen LogP contribution is 2.30. The Morgan fingerprint density at radius 2 is 1.00 bits per heavy atom. The summed E-state index contributed by atoms with van der Waals surface area (Å²) in [4.78, 5) is 0. The molecule has 0 spiro atoms. The van der Waals surface area contributed by atoms with E-state index in [0.29, 0.717) is 0 Å². The van der Waals surface area contributed by atoms with Gasteiger partial charge in [0.25, 0.3) is 0 Å². The summed E-state index contributed by atoms with van der Waals surface area (Å²) in [7, 11) is -6.00. The molecule has 0 aliphatic carbocycles. The smallest absolute Gasteiger partial charge is 0.418 e. The van der Waals surface area contributed by atoms with Crippen molar-refractivity contribution in [3.05, 3.63) is 76.9 Å². The van der Waals surface area contributed by atoms with Gasteiger partial charge in [0.05, 0.1) is 11.1 Å². The first-order valence-electron chi connectivity index (χ1n) is 8.50. The van der Waals surface area contributed by atoms with Gasteiger partial charge in [-0.3, -0.25) is 0 Å². The van der Waals surface area contributed by atoms with Crippen molar-refractivity contribution in [3.8, 4) is 22.6 Å². The van der Waals surface area contributed by atoms with Crippen molar-refractivity contribution in [2.45, 2.75) is 27.7 Å². The standard InChI is InChI=1S/C21H21O.BF4/c1-14-8-10-18(16(3)12-14)20-6-5-7-21(22-20)19-11-9-15(2)13-17(19)4;2-1(3,4)5/h5-13H,1-4H3;/q+1;-1. The highest BCUT2D eigenvalue weighted by atomic mass is 19.5. The van der Waals surface area contributed by atoms with Crippen molar-refractivity contribution >= 4 is 7.25 Å². The number of halogens is 4. The number of hydrogen-bond donors (Lipinski definition) is 0. The lowest BCUT2D eigenvalue weighted by Crippen LogP contribution is -2.02. The zero-order chi connectivity index (χ0) is 20.2. The largest absolute Gasteiger partial charge is 0.673 e. The second kappa shape index (κ2) is 8.38. The van der Waals surface area contributed by atoms with E-state index in [1.54, 1.807) is 0 Å². The minimum Gasteiger partial charge on any atom is -0.418 e. The average molecular weight is 376 g/mol. The highest BCUT2D eigenvalue weighted by molar-refractivity contribution is 6.50. The van der Waals surface area contributed by atoms with Gasteiger partial charge < -0.3 is 17.3 Å². The number of benzene rings is 2. The molecule has 0 bridgehead atoms. The summed E-state index contributed by atoms with van der Waals surface area (Å²) in [6.07, 6.45) is 0. The fourth-order valence-electron chi connectivity index (χ4n) is 2.88. The number of hydrogen-bond acceptors (Lipinski definition) is 0. The first kappa shape index (κ1) is 20.7. The highest BCUT2D eigenvalue weighted by Gasteiger charge is 2.21. The van der Waals surface area contributed by atoms with E-state index in [1.165, 1.54) is 22.3 Å². The van der Waals surface area contributed by atoms with Crippen LogP contribution in [-0.4, -0.2) is 7.25 Å². The molecule has 0 unspecified atom stereocenters. The molecule has 0 radical (unpaired) electrons. The van der Waals surface area contributed by atoms with Crippen LogP contribution in [-0.2, 0) is 0 Å². The normalized spacial score (nSPS) is 11.0. The van der Waals surface area contributed by atoms with Gasteiger partial charge in [0, 0.05) is 12.1 Å². The first-order chi connectivity index (χ1) is 12.5. The molecule has 142 valence electrons. The van der Waals surface area contributed by atoms with Crippen LogP contribution in [0.4, 0.5) is 17.3 Å². The molecule has 3 rings (SSSR count). The van der Waals surface area contributed by atoms with Crippen LogP contribution in [0.15, 0.2) is 59.0 Å². The Hall–Kier alpha value is -2.63. The molecule has 0 N–H and O–H groups in total. The van der Waals surface area contributed by atoms with Gasteiger partial charge in [-0.1, -0.05) is 35.4 Å². The van der Waals surface area contributed by atoms with Gasteiger partial charge in [-0.25, -0.2) is 4.42 Å². The predicted octanol–water partition coefficient (Wildman–Crippen LogP) is 7.43. The minimum atomic E-state index is -6.00. The lowest BCUT2D eigenvalue weighted by Gasteiger charge is -2.02. The van der Waals surface area contributed by atoms with Crippen LogP contribution in [0.5, 0.6) is 0 Å². The molecule has 0 saturated heterocycles. The predicted molar refractivity (Wildman–Crippen MR) is 103 cm³/mol. The van der Waals surface area contributed by atoms with Gasteiger partial charge in [-0.05, 0) is 57.0 Å². The van der Waals surface area contributed by atoms with Gasteiger partial charge in [-0.15, -0.1) is 0 Å². The third-order valence-electron chi connectivity index (χ3n) is 4.01. The molecule has 1 heterocycles. The van der Waals surface area contributed by atoms with E-state index >= 15 is 0 Å². The number of rotatable bonds is 2. The first-order valence-corrected chi connectivity index (χ1v) is 8.50. The summed E-state index contributed by atoms with van der Waals surface area (Å²) in [6.45, 7) is 8.48. The zero-order valence-corrected chi connectivity index (χ0v) is 15.7. The molecule has 0 fully saturated rings. The molecule has 0 aliphatic rings. The van der Waals surface area contributed by atoms with Crippen molar-refractivity contribution in [1.29, 1.82) is 0 Å². The molecular weight excluding hydrogens is 355 g/mol. The maximum absolute atomic E-state index is 9.75. The van der Waals surface area contributed by atoms with Crippen LogP contribution in [0, 0.1) is 27.7 Å². The fourth-order valence-corrected chi connectivity index (χ4v) is 2.88. The van der Waals surface area contributed by atoms with Crippen molar-refractivity contribution < 1.29 is 21.7 Å². The van der Waals surface area contributed by atoms with E-state index in [-0.39, 0.29) is 0 Å². The molecule has 0 aliphatic heterocycles. The zero-order valence-electron chi connectivity index (χ0n) is 15.7. The molecule has 0 saturated carbocycles. The Bertz CT molecular complexity index is 863. The third-order valence-corrected chi connectivity index (χ3v) is 4.01. The van der Waals surface area contributed by atoms with E-state index in [2.05, 4.69) is 70.2 Å². The molecule has 1 aromatic heterocycles. The summed E-state index contributed by atoms with van der Waals surface area (Å²) in [5.41, 5.74) is 7.32. The van der Waals surface area contributed by atoms with E-state index < -0.39 is 7.25 Å². The van der Waals surface area contributed by atoms with Crippen LogP contribution in [0.25, 0.3) is 22.6 Å². The van der Waals surface area contributed by atoms with Gasteiger partial charge in [0.15, 0.2) is 0 Å². The van der Waals surface area contributed by atoms with Crippen LogP contribution in [0.2, 0.25) is 0 Å². The second-order valence-corrected chi connectivity index (χ2v) is 6.49. The Balaban J connectivity index is 0.000000465. The molecule has 0 atom stereocenters. The average Bonchev–Trinajstić information content (AvgIpc) is 2.53. The van der Waals surface area contributed by atoms with Crippen LogP contribution >= 0.6 is 0 Å². The molecule has 2 aromatic carbocycles. The summed E-state index contributed by atoms with van der Waals surface area (Å²) >= 11 is 0. The molecular formula is C21H21BF4O. The summed E-state index contributed by atoms with van der Waals surface area (Å²) < 4.78 is 45.2. The van der Waals surface area contributed by atoms with Gasteiger partial charge in [0.2, 0.25) is 0 Å². The molecule has 3 aromatic rings. The van der Waals surface area contributed by atoms with E-state index in [9.17, 15) is 17.3 Å². The Kier molecular flexibility index (Phi) is 6.42. The van der Waals surface area contributed by atoms with Gasteiger partial charge >= 0.3 is 18.8 Å². The molecule has 6 heteroatoms. The van der Waals surface area contributed by atoms with Crippen LogP contribution < -0.4 is 0 Å². The quantitative estimate of drug-likeness (QED) is 0.257. The maximum atomic E-state index is 9.75. The van der Waals surface area contributed by atoms with Gasteiger partial charge in [0.1, 0.15) is 0 Å². The lowest BCUT2D eigenvalue weighted by molar-refractivity contribution is 0.368. The molecule has 27 heavy (non-hydrogen) atoms. The SMILES string of the molecule is Cc1ccc(-c2cccc(-c3ccc(C)cc3C)[o+]2)c(C)c1.F[B-](F)(F)F. The topological polar surface area (TPSA) is 11.3 Å². The summed E-state index contributed by atoms with van der Waals surface area (Å²) in [6, 6.07) is 19.0. The molecule has 1 nitrogen and oxygen atoms in total. The van der Waals surface area contributed by atoms with Crippen molar-refractivity contribution in [2.24, 2.45) is 0 Å². The summed E-state index contributed by atoms with van der Waals surface area (Å²) in [5, 5.41) is 0. The Morgan fingerprint density at radius 1 is 0.630 bits per heavy atom. The third kappa shape index (κ3) is 6.24. The minimum absolute atomic E-state index is 0.912. The fraction of sp³-hybridized carbons (Fsp3) is 0.190. The van der Waals surface area contributed by atoms with E-state index in [4.69, 9.17) is 4.42 Å². The van der Waals surface area contributed by atoms with Crippen molar-refractivity contribution in [2.75, 3.05) is 0 Å². The monoisotopic (exact) mass is 376 g/mol. The van der Waals surface area contributed by atoms with Crippen LogP contribution in [0.1, 0.15) is 22.3 Å². The lowest BCUT2D eigenvalue weighted by atomic mass is 10.0. The second-order valence-electron chi connectivity index (χ2n) is 6.49. The van der Waals surface area contributed by atoms with E-state index in [0.717, 1.165) is 22.6 Å². The van der Waals surface area contributed by atoms with Crippen molar-refractivity contribution in [3.63, 3.8) is 0 Å². The Morgan fingerprint density at radius 3 is 1.33 bits per heavy atom. The number of aryl methyl sites for hydroxylation is 4. The van der Waals surface area contributed by atoms with Crippen LogP contribution in [0.3, 0.4) is 0 Å². The van der Waals surface area contributed by atoms with E-state index in [1.807, 2.05) is 12.1 Å². The maximum Gasteiger partial charge on any atom is 0.673 e. The Labute approximate surface area is 156 Å². The van der Waals surface area contributed by atoms with Crippen molar-refractivity contribution in [1.82, 2.24) is 0 Å².